The van der Waals surface area contributed by atoms with Gasteiger partial charge in [-0.15, -0.1) is 15.3 Å². The largest absolute Gasteiger partial charge is 0.371 e. The number of benzene rings is 1. The lowest BCUT2D eigenvalue weighted by Crippen LogP contribution is -2.22. The van der Waals surface area contributed by atoms with Crippen molar-refractivity contribution in [2.75, 3.05) is 29.9 Å². The first kappa shape index (κ1) is 15.2. The van der Waals surface area contributed by atoms with Gasteiger partial charge in [0.1, 0.15) is 5.82 Å². The number of anilines is 2. The second-order valence-corrected chi connectivity index (χ2v) is 6.63. The molecule has 4 rings (SSSR count). The molecule has 0 radical (unpaired) electrons. The highest BCUT2D eigenvalue weighted by Crippen LogP contribution is 2.25. The maximum absolute atomic E-state index is 5.96. The normalized spacial score (nSPS) is 17.6. The zero-order chi connectivity index (χ0) is 16.5. The summed E-state index contributed by atoms with van der Waals surface area (Å²) in [4.78, 5) is 2.41. The molecule has 1 aromatic carbocycles. The van der Waals surface area contributed by atoms with Gasteiger partial charge < -0.3 is 10.2 Å². The van der Waals surface area contributed by atoms with E-state index in [1.54, 1.807) is 4.52 Å². The van der Waals surface area contributed by atoms with Gasteiger partial charge in [0, 0.05) is 30.3 Å². The second kappa shape index (κ2) is 6.28. The maximum Gasteiger partial charge on any atom is 0.178 e. The van der Waals surface area contributed by atoms with Crippen LogP contribution in [-0.4, -0.2) is 39.4 Å². The molecular weight excluding hydrogens is 324 g/mol. The Morgan fingerprint density at radius 3 is 2.83 bits per heavy atom. The Morgan fingerprint density at radius 2 is 2.00 bits per heavy atom. The molecule has 1 saturated heterocycles. The zero-order valence-corrected chi connectivity index (χ0v) is 14.2. The lowest BCUT2D eigenvalue weighted by atomic mass is 10.1. The molecule has 3 aromatic rings. The number of nitrogens with zero attached hydrogens (tertiary/aromatic N) is 5. The highest BCUT2D eigenvalue weighted by molar-refractivity contribution is 6.30. The zero-order valence-electron chi connectivity index (χ0n) is 13.5. The molecule has 6 nitrogen and oxygen atoms in total. The third-order valence-electron chi connectivity index (χ3n) is 4.47. The molecule has 1 aliphatic heterocycles. The minimum atomic E-state index is 0.597. The second-order valence-electron chi connectivity index (χ2n) is 6.19. The Morgan fingerprint density at radius 1 is 1.17 bits per heavy atom. The standard InChI is InChI=1S/C17H19ClN6/c1-12-20-21-17-7-6-16(22-24(12)17)19-10-13-8-9-23(11-13)15-4-2-14(18)3-5-15/h2-7,13H,8-11H2,1H3,(H,19,22). The molecule has 0 saturated carbocycles. The van der Waals surface area contributed by atoms with E-state index in [0.29, 0.717) is 5.92 Å². The van der Waals surface area contributed by atoms with Gasteiger partial charge in [0.25, 0.3) is 0 Å². The topological polar surface area (TPSA) is 58.4 Å². The van der Waals surface area contributed by atoms with Crippen LogP contribution in [0.3, 0.4) is 0 Å². The van der Waals surface area contributed by atoms with Crippen molar-refractivity contribution in [2.45, 2.75) is 13.3 Å². The molecule has 1 atom stereocenters. The van der Waals surface area contributed by atoms with E-state index in [0.717, 1.165) is 41.9 Å². The van der Waals surface area contributed by atoms with Crippen molar-refractivity contribution in [2.24, 2.45) is 5.92 Å². The average molecular weight is 343 g/mol. The number of rotatable bonds is 4. The van der Waals surface area contributed by atoms with E-state index in [4.69, 9.17) is 11.6 Å². The molecule has 2 aromatic heterocycles. The van der Waals surface area contributed by atoms with Gasteiger partial charge in [0.2, 0.25) is 0 Å². The van der Waals surface area contributed by atoms with E-state index in [1.807, 2.05) is 31.2 Å². The van der Waals surface area contributed by atoms with Crippen LogP contribution in [0.25, 0.3) is 5.65 Å². The highest BCUT2D eigenvalue weighted by atomic mass is 35.5. The van der Waals surface area contributed by atoms with Crippen LogP contribution in [0, 0.1) is 12.8 Å². The number of halogens is 1. The summed E-state index contributed by atoms with van der Waals surface area (Å²) < 4.78 is 1.76. The number of aromatic nitrogens is 4. The van der Waals surface area contributed by atoms with Crippen LogP contribution in [0.1, 0.15) is 12.2 Å². The lowest BCUT2D eigenvalue weighted by Gasteiger charge is -2.19. The average Bonchev–Trinajstić information content (AvgIpc) is 3.21. The molecule has 0 spiro atoms. The Bertz CT molecular complexity index is 844. The molecule has 7 heteroatoms. The molecule has 1 unspecified atom stereocenters. The van der Waals surface area contributed by atoms with Gasteiger partial charge in [-0.3, -0.25) is 0 Å². The Labute approximate surface area is 145 Å². The van der Waals surface area contributed by atoms with Crippen molar-refractivity contribution in [3.63, 3.8) is 0 Å². The number of hydrogen-bond acceptors (Lipinski definition) is 5. The SMILES string of the molecule is Cc1nnc2ccc(NCC3CCN(c4ccc(Cl)cc4)C3)nn12. The van der Waals surface area contributed by atoms with Gasteiger partial charge in [-0.1, -0.05) is 11.6 Å². The number of hydrogen-bond donors (Lipinski definition) is 1. The van der Waals surface area contributed by atoms with Crippen molar-refractivity contribution in [3.8, 4) is 0 Å². The predicted molar refractivity (Wildman–Crippen MR) is 95.8 cm³/mol. The van der Waals surface area contributed by atoms with Crippen LogP contribution in [0.15, 0.2) is 36.4 Å². The summed E-state index contributed by atoms with van der Waals surface area (Å²) >= 11 is 5.96. The van der Waals surface area contributed by atoms with Gasteiger partial charge in [-0.2, -0.15) is 4.52 Å². The minimum absolute atomic E-state index is 0.597. The molecule has 3 heterocycles. The molecule has 1 aliphatic rings. The van der Waals surface area contributed by atoms with Gasteiger partial charge in [-0.05, 0) is 55.7 Å². The van der Waals surface area contributed by atoms with Crippen LogP contribution >= 0.6 is 11.6 Å². The third kappa shape index (κ3) is 3.01. The Kier molecular flexibility index (Phi) is 3.98. The van der Waals surface area contributed by atoms with Gasteiger partial charge in [0.15, 0.2) is 11.5 Å². The van der Waals surface area contributed by atoms with Crippen molar-refractivity contribution in [1.82, 2.24) is 19.8 Å². The summed E-state index contributed by atoms with van der Waals surface area (Å²) in [6.45, 7) is 4.93. The Balaban J connectivity index is 1.37. The molecular formula is C17H19ClN6. The van der Waals surface area contributed by atoms with E-state index >= 15 is 0 Å². The van der Waals surface area contributed by atoms with Crippen LogP contribution in [0.2, 0.25) is 5.02 Å². The summed E-state index contributed by atoms with van der Waals surface area (Å²) in [5.74, 6) is 2.25. The van der Waals surface area contributed by atoms with Gasteiger partial charge in [0.05, 0.1) is 0 Å². The summed E-state index contributed by atoms with van der Waals surface area (Å²) in [6, 6.07) is 12.0. The highest BCUT2D eigenvalue weighted by Gasteiger charge is 2.22. The Hall–Kier alpha value is -2.34. The summed E-state index contributed by atoms with van der Waals surface area (Å²) in [5.41, 5.74) is 2.01. The van der Waals surface area contributed by atoms with E-state index < -0.39 is 0 Å². The van der Waals surface area contributed by atoms with E-state index in [1.165, 1.54) is 12.1 Å². The minimum Gasteiger partial charge on any atom is -0.371 e. The van der Waals surface area contributed by atoms with Crippen molar-refractivity contribution in [1.29, 1.82) is 0 Å². The summed E-state index contributed by atoms with van der Waals surface area (Å²) in [5, 5.41) is 16.8. The fourth-order valence-corrected chi connectivity index (χ4v) is 3.25. The molecule has 0 bridgehead atoms. The maximum atomic E-state index is 5.96. The summed E-state index contributed by atoms with van der Waals surface area (Å²) in [7, 11) is 0. The molecule has 1 N–H and O–H groups in total. The fourth-order valence-electron chi connectivity index (χ4n) is 3.13. The van der Waals surface area contributed by atoms with E-state index in [9.17, 15) is 0 Å². The van der Waals surface area contributed by atoms with E-state index in [2.05, 4.69) is 37.6 Å². The third-order valence-corrected chi connectivity index (χ3v) is 4.72. The van der Waals surface area contributed by atoms with Crippen LogP contribution in [0.4, 0.5) is 11.5 Å². The number of nitrogens with one attached hydrogen (secondary N) is 1. The first-order chi connectivity index (χ1) is 11.7. The van der Waals surface area contributed by atoms with Crippen molar-refractivity contribution < 1.29 is 0 Å². The number of fused-ring (bicyclic) bond motifs is 1. The van der Waals surface area contributed by atoms with Gasteiger partial charge in [-0.25, -0.2) is 0 Å². The molecule has 124 valence electrons. The van der Waals surface area contributed by atoms with Crippen LogP contribution < -0.4 is 10.2 Å². The molecule has 24 heavy (non-hydrogen) atoms. The lowest BCUT2D eigenvalue weighted by molar-refractivity contribution is 0.620. The first-order valence-corrected chi connectivity index (χ1v) is 8.50. The number of aryl methyl sites for hydroxylation is 1. The monoisotopic (exact) mass is 342 g/mol. The van der Waals surface area contributed by atoms with Crippen molar-refractivity contribution >= 4 is 28.8 Å². The van der Waals surface area contributed by atoms with Crippen LogP contribution in [0.5, 0.6) is 0 Å². The predicted octanol–water partition coefficient (Wildman–Crippen LogP) is 3.02. The fraction of sp³-hybridized carbons (Fsp3) is 0.353. The van der Waals surface area contributed by atoms with Crippen molar-refractivity contribution in [3.05, 3.63) is 47.2 Å². The summed E-state index contributed by atoms with van der Waals surface area (Å²) in [6.07, 6.45) is 1.17. The smallest absolute Gasteiger partial charge is 0.178 e. The molecule has 0 aliphatic carbocycles. The van der Waals surface area contributed by atoms with Crippen LogP contribution in [-0.2, 0) is 0 Å². The first-order valence-electron chi connectivity index (χ1n) is 8.12. The molecule has 0 amide bonds. The van der Waals surface area contributed by atoms with Gasteiger partial charge >= 0.3 is 0 Å². The van der Waals surface area contributed by atoms with E-state index in [-0.39, 0.29) is 0 Å². The molecule has 1 fully saturated rings. The quantitative estimate of drug-likeness (QED) is 0.789.